The number of carbonyl (C=O) groups excluding carboxylic acids is 1. The summed E-state index contributed by atoms with van der Waals surface area (Å²) in [5, 5.41) is 8.27. The van der Waals surface area contributed by atoms with Gasteiger partial charge in [0.1, 0.15) is 5.71 Å². The van der Waals surface area contributed by atoms with E-state index in [1.165, 1.54) is 0 Å². The molecule has 7 nitrogen and oxygen atoms in total. The molecule has 0 saturated carbocycles. The van der Waals surface area contributed by atoms with Crippen molar-refractivity contribution in [1.29, 1.82) is 0 Å². The highest BCUT2D eigenvalue weighted by molar-refractivity contribution is 6.51. The fraction of sp³-hybridized carbons (Fsp3) is 0.0952. The Morgan fingerprint density at radius 2 is 1.39 bits per heavy atom. The van der Waals surface area contributed by atoms with Crippen LogP contribution in [0.1, 0.15) is 34.1 Å². The van der Waals surface area contributed by atoms with Crippen LogP contribution in [0.2, 0.25) is 0 Å². The number of hydrogen-bond acceptors (Lipinski definition) is 5. The number of nitrogens with zero attached hydrogens (tertiary/aromatic N) is 2. The molecule has 0 unspecified atom stereocenters. The van der Waals surface area contributed by atoms with Crippen molar-refractivity contribution in [2.24, 2.45) is 10.2 Å². The zero-order valence-corrected chi connectivity index (χ0v) is 15.4. The van der Waals surface area contributed by atoms with Gasteiger partial charge in [-0.1, -0.05) is 60.7 Å². The molecule has 1 heterocycles. The second-order valence-corrected chi connectivity index (χ2v) is 6.10. The molecule has 0 atom stereocenters. The Hall–Kier alpha value is -3.87. The maximum absolute atomic E-state index is 13.0. The van der Waals surface area contributed by atoms with Gasteiger partial charge in [0.25, 0.3) is 5.56 Å². The van der Waals surface area contributed by atoms with Crippen LogP contribution in [0.25, 0.3) is 0 Å². The molecule has 0 fully saturated rings. The Bertz CT molecular complexity index is 1170. The highest BCUT2D eigenvalue weighted by Gasteiger charge is 2.17. The van der Waals surface area contributed by atoms with Crippen molar-refractivity contribution in [3.8, 4) is 0 Å². The summed E-state index contributed by atoms with van der Waals surface area (Å²) in [7, 11) is 0. The van der Waals surface area contributed by atoms with Crippen LogP contribution in [0.3, 0.4) is 0 Å². The molecular weight excluding hydrogens is 356 g/mol. The zero-order chi connectivity index (χ0) is 20.1. The normalized spacial score (nSPS) is 12.1. The van der Waals surface area contributed by atoms with Crippen molar-refractivity contribution >= 4 is 17.2 Å². The number of rotatable bonds is 5. The van der Waals surface area contributed by atoms with Gasteiger partial charge in [-0.2, -0.15) is 5.10 Å². The Balaban J connectivity index is 2.10. The summed E-state index contributed by atoms with van der Waals surface area (Å²) in [6.45, 7) is 3.19. The van der Waals surface area contributed by atoms with Crippen LogP contribution in [-0.4, -0.2) is 27.2 Å². The molecule has 0 radical (unpaired) electrons. The Morgan fingerprint density at radius 1 is 0.821 bits per heavy atom. The van der Waals surface area contributed by atoms with Gasteiger partial charge in [-0.15, -0.1) is 5.10 Å². The molecule has 28 heavy (non-hydrogen) atoms. The first-order chi connectivity index (χ1) is 13.5. The summed E-state index contributed by atoms with van der Waals surface area (Å²) in [5.74, 6) is -0.282. The third-order valence-electron chi connectivity index (χ3n) is 4.09. The molecule has 0 bridgehead atoms. The molecule has 2 N–H and O–H groups in total. The standard InChI is InChI=1S/C21H18N4O3/c1-13-17(20(27)23-21(28)22-13)14(2)24-25-18(15-9-5-3-6-10-15)19(26)16-11-7-4-8-12-16/h3-12H,1-2H3,(H2,22,23,27,28). The third kappa shape index (κ3) is 4.09. The zero-order valence-electron chi connectivity index (χ0n) is 15.4. The van der Waals surface area contributed by atoms with E-state index in [2.05, 4.69) is 20.2 Å². The minimum absolute atomic E-state index is 0.157. The van der Waals surface area contributed by atoms with E-state index in [0.717, 1.165) is 0 Å². The maximum atomic E-state index is 13.0. The molecule has 0 aliphatic carbocycles. The first kappa shape index (κ1) is 18.9. The van der Waals surface area contributed by atoms with Crippen molar-refractivity contribution in [1.82, 2.24) is 9.97 Å². The highest BCUT2D eigenvalue weighted by atomic mass is 16.2. The number of aromatic amines is 2. The molecule has 3 aromatic rings. The lowest BCUT2D eigenvalue weighted by molar-refractivity contribution is 0.106. The largest absolute Gasteiger partial charge is 0.325 e. The molecule has 1 aromatic heterocycles. The minimum atomic E-state index is -0.591. The second kappa shape index (κ2) is 8.22. The Morgan fingerprint density at radius 3 is 1.96 bits per heavy atom. The molecule has 2 aromatic carbocycles. The molecule has 0 aliphatic rings. The first-order valence-electron chi connectivity index (χ1n) is 8.58. The highest BCUT2D eigenvalue weighted by Crippen LogP contribution is 2.10. The van der Waals surface area contributed by atoms with Gasteiger partial charge >= 0.3 is 5.69 Å². The van der Waals surface area contributed by atoms with E-state index in [1.54, 1.807) is 62.4 Å². The smallest absolute Gasteiger partial charge is 0.311 e. The summed E-state index contributed by atoms with van der Waals surface area (Å²) in [6.07, 6.45) is 0. The topological polar surface area (TPSA) is 108 Å². The lowest BCUT2D eigenvalue weighted by atomic mass is 10.0. The van der Waals surface area contributed by atoms with E-state index in [1.807, 2.05) is 12.1 Å². The van der Waals surface area contributed by atoms with Gasteiger partial charge < -0.3 is 4.98 Å². The van der Waals surface area contributed by atoms with Gasteiger partial charge in [-0.25, -0.2) is 4.79 Å². The number of aryl methyl sites for hydroxylation is 1. The fourth-order valence-corrected chi connectivity index (χ4v) is 2.77. The summed E-state index contributed by atoms with van der Waals surface area (Å²) < 4.78 is 0. The number of H-pyrrole nitrogens is 2. The lowest BCUT2D eigenvalue weighted by Crippen LogP contribution is -2.29. The number of aromatic nitrogens is 2. The lowest BCUT2D eigenvalue weighted by Gasteiger charge is -2.06. The summed E-state index contributed by atoms with van der Waals surface area (Å²) in [4.78, 5) is 41.1. The van der Waals surface area contributed by atoms with Crippen LogP contribution in [0.15, 0.2) is 80.5 Å². The average molecular weight is 374 g/mol. The SMILES string of the molecule is CC(=NN=C(C(=O)c1ccccc1)c1ccccc1)c1c(C)[nH]c(=O)[nH]c1=O. The summed E-state index contributed by atoms with van der Waals surface area (Å²) in [5.41, 5.74) is 0.967. The summed E-state index contributed by atoms with van der Waals surface area (Å²) in [6, 6.07) is 17.7. The van der Waals surface area contributed by atoms with E-state index in [-0.39, 0.29) is 22.8 Å². The van der Waals surface area contributed by atoms with Crippen LogP contribution < -0.4 is 11.2 Å². The average Bonchev–Trinajstić information content (AvgIpc) is 2.68. The number of hydrogen-bond donors (Lipinski definition) is 2. The second-order valence-electron chi connectivity index (χ2n) is 6.10. The van der Waals surface area contributed by atoms with Gasteiger partial charge in [0, 0.05) is 16.8 Å². The van der Waals surface area contributed by atoms with Crippen LogP contribution >= 0.6 is 0 Å². The monoisotopic (exact) mass is 374 g/mol. The first-order valence-corrected chi connectivity index (χ1v) is 8.58. The van der Waals surface area contributed by atoms with Gasteiger partial charge in [-0.3, -0.25) is 14.6 Å². The fourth-order valence-electron chi connectivity index (χ4n) is 2.77. The third-order valence-corrected chi connectivity index (χ3v) is 4.09. The van der Waals surface area contributed by atoms with Gasteiger partial charge in [-0.05, 0) is 13.8 Å². The van der Waals surface area contributed by atoms with Gasteiger partial charge in [0.15, 0.2) is 0 Å². The number of nitrogens with one attached hydrogen (secondary N) is 2. The molecule has 140 valence electrons. The van der Waals surface area contributed by atoms with Crippen LogP contribution in [0.5, 0.6) is 0 Å². The molecule has 3 rings (SSSR count). The Kier molecular flexibility index (Phi) is 5.55. The number of ketones is 1. The molecular formula is C21H18N4O3. The Labute approximate surface area is 160 Å². The van der Waals surface area contributed by atoms with Crippen molar-refractivity contribution < 1.29 is 4.79 Å². The van der Waals surface area contributed by atoms with Crippen molar-refractivity contribution in [2.75, 3.05) is 0 Å². The molecule has 0 amide bonds. The molecule has 0 spiro atoms. The molecule has 7 heteroatoms. The van der Waals surface area contributed by atoms with Crippen molar-refractivity contribution in [2.45, 2.75) is 13.8 Å². The van der Waals surface area contributed by atoms with E-state index < -0.39 is 11.2 Å². The predicted octanol–water partition coefficient (Wildman–Crippen LogP) is 2.47. The number of benzene rings is 2. The maximum Gasteiger partial charge on any atom is 0.325 e. The van der Waals surface area contributed by atoms with Crippen LogP contribution in [0, 0.1) is 6.92 Å². The van der Waals surface area contributed by atoms with E-state index in [0.29, 0.717) is 16.8 Å². The van der Waals surface area contributed by atoms with E-state index in [9.17, 15) is 14.4 Å². The van der Waals surface area contributed by atoms with E-state index >= 15 is 0 Å². The minimum Gasteiger partial charge on any atom is -0.311 e. The van der Waals surface area contributed by atoms with E-state index in [4.69, 9.17) is 0 Å². The van der Waals surface area contributed by atoms with Gasteiger partial charge in [0.05, 0.1) is 11.3 Å². The van der Waals surface area contributed by atoms with Crippen LogP contribution in [0.4, 0.5) is 0 Å². The predicted molar refractivity (Wildman–Crippen MR) is 108 cm³/mol. The van der Waals surface area contributed by atoms with Gasteiger partial charge in [0.2, 0.25) is 5.78 Å². The molecule has 0 saturated heterocycles. The van der Waals surface area contributed by atoms with Crippen LogP contribution in [-0.2, 0) is 0 Å². The number of Topliss-reactive ketones (excluding diaryl/α,β-unsaturated/α-hetero) is 1. The summed E-state index contributed by atoms with van der Waals surface area (Å²) >= 11 is 0. The number of carbonyl (C=O) groups is 1. The quantitative estimate of drug-likeness (QED) is 0.407. The van der Waals surface area contributed by atoms with Crippen molar-refractivity contribution in [3.05, 3.63) is 104 Å². The molecule has 0 aliphatic heterocycles. The van der Waals surface area contributed by atoms with Crippen molar-refractivity contribution in [3.63, 3.8) is 0 Å².